The molecule has 1 rings (SSSR count). The molecule has 1 N–H and O–H groups in total. The molecule has 0 fully saturated rings. The van der Waals surface area contributed by atoms with Crippen LogP contribution in [0, 0.1) is 19.8 Å². The second-order valence-electron chi connectivity index (χ2n) is 4.27. The van der Waals surface area contributed by atoms with Crippen LogP contribution >= 0.6 is 0 Å². The standard InChI is InChI=1S/C12H22N2O/c1-5-9(2)8-13-7-6-12-10(3)14-15-11(12)4/h9,13H,5-8H2,1-4H3. The number of rotatable bonds is 6. The Kier molecular flexibility index (Phi) is 4.82. The number of hydrogen-bond acceptors (Lipinski definition) is 3. The molecule has 1 heterocycles. The second kappa shape index (κ2) is 5.91. The van der Waals surface area contributed by atoms with E-state index < -0.39 is 0 Å². The van der Waals surface area contributed by atoms with Crippen LogP contribution in [0.15, 0.2) is 4.52 Å². The van der Waals surface area contributed by atoms with E-state index in [2.05, 4.69) is 24.3 Å². The van der Waals surface area contributed by atoms with Gasteiger partial charge in [0.2, 0.25) is 0 Å². The van der Waals surface area contributed by atoms with Crippen LogP contribution in [0.25, 0.3) is 0 Å². The molecule has 0 aliphatic rings. The van der Waals surface area contributed by atoms with E-state index in [-0.39, 0.29) is 0 Å². The first kappa shape index (κ1) is 12.2. The molecular formula is C12H22N2O. The van der Waals surface area contributed by atoms with E-state index in [0.717, 1.165) is 36.9 Å². The highest BCUT2D eigenvalue weighted by molar-refractivity contribution is 5.20. The first-order valence-electron chi connectivity index (χ1n) is 5.77. The van der Waals surface area contributed by atoms with Gasteiger partial charge in [0.25, 0.3) is 0 Å². The lowest BCUT2D eigenvalue weighted by molar-refractivity contribution is 0.392. The van der Waals surface area contributed by atoms with Gasteiger partial charge < -0.3 is 9.84 Å². The molecule has 1 unspecified atom stereocenters. The molecule has 15 heavy (non-hydrogen) atoms. The maximum Gasteiger partial charge on any atom is 0.137 e. The maximum absolute atomic E-state index is 5.12. The summed E-state index contributed by atoms with van der Waals surface area (Å²) in [5.41, 5.74) is 2.28. The molecule has 86 valence electrons. The van der Waals surface area contributed by atoms with E-state index in [1.807, 2.05) is 13.8 Å². The Balaban J connectivity index is 2.26. The van der Waals surface area contributed by atoms with E-state index in [4.69, 9.17) is 4.52 Å². The van der Waals surface area contributed by atoms with Crippen LogP contribution in [0.1, 0.15) is 37.3 Å². The molecule has 0 bridgehead atoms. The van der Waals surface area contributed by atoms with Crippen molar-refractivity contribution in [3.8, 4) is 0 Å². The number of nitrogens with one attached hydrogen (secondary N) is 1. The van der Waals surface area contributed by atoms with Crippen molar-refractivity contribution >= 4 is 0 Å². The van der Waals surface area contributed by atoms with Gasteiger partial charge in [0, 0.05) is 5.56 Å². The minimum absolute atomic E-state index is 0.759. The van der Waals surface area contributed by atoms with E-state index >= 15 is 0 Å². The number of aryl methyl sites for hydroxylation is 2. The van der Waals surface area contributed by atoms with Crippen molar-refractivity contribution in [2.45, 2.75) is 40.5 Å². The van der Waals surface area contributed by atoms with Crippen LogP contribution in [-0.4, -0.2) is 18.2 Å². The van der Waals surface area contributed by atoms with Crippen molar-refractivity contribution < 1.29 is 4.52 Å². The highest BCUT2D eigenvalue weighted by Crippen LogP contribution is 2.12. The third-order valence-electron chi connectivity index (χ3n) is 2.92. The lowest BCUT2D eigenvalue weighted by Crippen LogP contribution is -2.23. The summed E-state index contributed by atoms with van der Waals surface area (Å²) < 4.78 is 5.12. The minimum Gasteiger partial charge on any atom is -0.361 e. The molecule has 1 atom stereocenters. The van der Waals surface area contributed by atoms with Gasteiger partial charge in [-0.15, -0.1) is 0 Å². The van der Waals surface area contributed by atoms with Gasteiger partial charge in [0.15, 0.2) is 0 Å². The molecule has 0 aliphatic heterocycles. The van der Waals surface area contributed by atoms with Gasteiger partial charge in [0.05, 0.1) is 5.69 Å². The number of hydrogen-bond donors (Lipinski definition) is 1. The molecule has 0 saturated heterocycles. The van der Waals surface area contributed by atoms with Gasteiger partial charge >= 0.3 is 0 Å². The van der Waals surface area contributed by atoms with Crippen LogP contribution in [0.4, 0.5) is 0 Å². The van der Waals surface area contributed by atoms with Crippen LogP contribution in [-0.2, 0) is 6.42 Å². The van der Waals surface area contributed by atoms with Gasteiger partial charge in [0.1, 0.15) is 5.76 Å². The summed E-state index contributed by atoms with van der Waals surface area (Å²) in [6, 6.07) is 0. The summed E-state index contributed by atoms with van der Waals surface area (Å²) in [5, 5.41) is 7.40. The van der Waals surface area contributed by atoms with Crippen molar-refractivity contribution in [1.29, 1.82) is 0 Å². The molecule has 0 aromatic carbocycles. The third kappa shape index (κ3) is 3.67. The Morgan fingerprint density at radius 1 is 1.40 bits per heavy atom. The molecule has 0 spiro atoms. The Morgan fingerprint density at radius 2 is 2.13 bits per heavy atom. The Hall–Kier alpha value is -0.830. The van der Waals surface area contributed by atoms with E-state index in [1.54, 1.807) is 0 Å². The summed E-state index contributed by atoms with van der Waals surface area (Å²) >= 11 is 0. The number of aromatic nitrogens is 1. The van der Waals surface area contributed by atoms with E-state index in [0.29, 0.717) is 0 Å². The normalized spacial score (nSPS) is 13.1. The zero-order chi connectivity index (χ0) is 11.3. The average Bonchev–Trinajstić information content (AvgIpc) is 2.54. The molecule has 3 nitrogen and oxygen atoms in total. The van der Waals surface area contributed by atoms with Crippen LogP contribution < -0.4 is 5.32 Å². The van der Waals surface area contributed by atoms with E-state index in [1.165, 1.54) is 12.0 Å². The third-order valence-corrected chi connectivity index (χ3v) is 2.92. The fourth-order valence-corrected chi connectivity index (χ4v) is 1.56. The Labute approximate surface area is 92.2 Å². The van der Waals surface area contributed by atoms with Gasteiger partial charge in [-0.2, -0.15) is 0 Å². The quantitative estimate of drug-likeness (QED) is 0.733. The molecule has 1 aromatic heterocycles. The summed E-state index contributed by atoms with van der Waals surface area (Å²) in [4.78, 5) is 0. The fraction of sp³-hybridized carbons (Fsp3) is 0.750. The smallest absolute Gasteiger partial charge is 0.137 e. The van der Waals surface area contributed by atoms with Crippen LogP contribution in [0.3, 0.4) is 0 Å². The molecule has 0 radical (unpaired) electrons. The predicted octanol–water partition coefficient (Wildman–Crippen LogP) is 2.47. The highest BCUT2D eigenvalue weighted by atomic mass is 16.5. The molecule has 0 saturated carbocycles. The fourth-order valence-electron chi connectivity index (χ4n) is 1.56. The van der Waals surface area contributed by atoms with Gasteiger partial charge in [-0.25, -0.2) is 0 Å². The molecule has 1 aromatic rings. The van der Waals surface area contributed by atoms with Crippen molar-refractivity contribution in [2.24, 2.45) is 5.92 Å². The zero-order valence-corrected chi connectivity index (χ0v) is 10.3. The second-order valence-corrected chi connectivity index (χ2v) is 4.27. The minimum atomic E-state index is 0.759. The summed E-state index contributed by atoms with van der Waals surface area (Å²) in [5.74, 6) is 1.72. The van der Waals surface area contributed by atoms with Crippen molar-refractivity contribution in [2.75, 3.05) is 13.1 Å². The Bertz CT molecular complexity index is 274. The topological polar surface area (TPSA) is 38.1 Å². The lowest BCUT2D eigenvalue weighted by atomic mass is 10.1. The van der Waals surface area contributed by atoms with Crippen LogP contribution in [0.2, 0.25) is 0 Å². The van der Waals surface area contributed by atoms with Crippen molar-refractivity contribution in [3.05, 3.63) is 17.0 Å². The largest absolute Gasteiger partial charge is 0.361 e. The first-order chi connectivity index (χ1) is 7.15. The molecule has 0 amide bonds. The monoisotopic (exact) mass is 210 g/mol. The Morgan fingerprint density at radius 3 is 2.67 bits per heavy atom. The van der Waals surface area contributed by atoms with Gasteiger partial charge in [-0.05, 0) is 39.3 Å². The molecular weight excluding hydrogens is 188 g/mol. The SMILES string of the molecule is CCC(C)CNCCc1c(C)noc1C. The zero-order valence-electron chi connectivity index (χ0n) is 10.3. The predicted molar refractivity (Wildman–Crippen MR) is 62.0 cm³/mol. The van der Waals surface area contributed by atoms with E-state index in [9.17, 15) is 0 Å². The average molecular weight is 210 g/mol. The summed E-state index contributed by atoms with van der Waals surface area (Å²) in [6.07, 6.45) is 2.25. The van der Waals surface area contributed by atoms with Gasteiger partial charge in [-0.3, -0.25) is 0 Å². The maximum atomic E-state index is 5.12. The van der Waals surface area contributed by atoms with Crippen molar-refractivity contribution in [3.63, 3.8) is 0 Å². The molecule has 0 aliphatic carbocycles. The van der Waals surface area contributed by atoms with Gasteiger partial charge in [-0.1, -0.05) is 25.4 Å². The number of nitrogens with zero attached hydrogens (tertiary/aromatic N) is 1. The summed E-state index contributed by atoms with van der Waals surface area (Å²) in [7, 11) is 0. The highest BCUT2D eigenvalue weighted by Gasteiger charge is 2.07. The van der Waals surface area contributed by atoms with Crippen molar-refractivity contribution in [1.82, 2.24) is 10.5 Å². The lowest BCUT2D eigenvalue weighted by Gasteiger charge is -2.09. The molecule has 3 heteroatoms. The van der Waals surface area contributed by atoms with Crippen LogP contribution in [0.5, 0.6) is 0 Å². The first-order valence-corrected chi connectivity index (χ1v) is 5.77. The summed E-state index contributed by atoms with van der Waals surface area (Å²) in [6.45, 7) is 10.6.